The molecule has 9 nitrogen and oxygen atoms in total. The Bertz CT molecular complexity index is 1340. The highest BCUT2D eigenvalue weighted by molar-refractivity contribution is 7.92. The molecule has 0 N–H and O–H groups in total. The Hall–Kier alpha value is -3.24. The van der Waals surface area contributed by atoms with Gasteiger partial charge in [0.05, 0.1) is 18.5 Å². The van der Waals surface area contributed by atoms with Gasteiger partial charge in [-0.3, -0.25) is 14.0 Å². The molecule has 1 aromatic heterocycles. The third-order valence-corrected chi connectivity index (χ3v) is 7.90. The Labute approximate surface area is 205 Å². The van der Waals surface area contributed by atoms with Gasteiger partial charge in [0.15, 0.2) is 0 Å². The molecule has 35 heavy (non-hydrogen) atoms. The number of benzene rings is 2. The lowest BCUT2D eigenvalue weighted by Crippen LogP contribution is -2.48. The van der Waals surface area contributed by atoms with Crippen LogP contribution in [0.3, 0.4) is 0 Å². The van der Waals surface area contributed by atoms with Crippen molar-refractivity contribution in [3.05, 3.63) is 65.0 Å². The summed E-state index contributed by atoms with van der Waals surface area (Å²) in [4.78, 5) is 21.7. The van der Waals surface area contributed by atoms with Crippen LogP contribution in [0.5, 0.6) is 0 Å². The number of hydrogen-bond acceptors (Lipinski definition) is 7. The van der Waals surface area contributed by atoms with Crippen molar-refractivity contribution in [3.63, 3.8) is 0 Å². The number of fused-ring (bicyclic) bond motifs is 1. The molecule has 2 aliphatic heterocycles. The highest BCUT2D eigenvalue weighted by atomic mass is 32.2. The molecule has 3 aromatic rings. The number of hydrogen-bond donors (Lipinski definition) is 0. The van der Waals surface area contributed by atoms with Crippen LogP contribution in [0.4, 0.5) is 5.69 Å². The van der Waals surface area contributed by atoms with Gasteiger partial charge in [0, 0.05) is 43.3 Å². The first kappa shape index (κ1) is 23.5. The molecule has 5 rings (SSSR count). The van der Waals surface area contributed by atoms with Crippen LogP contribution >= 0.6 is 0 Å². The third-order valence-electron chi connectivity index (χ3n) is 6.63. The summed E-state index contributed by atoms with van der Waals surface area (Å²) in [6.45, 7) is 7.07. The van der Waals surface area contributed by atoms with Crippen molar-refractivity contribution in [2.75, 3.05) is 36.7 Å². The summed E-state index contributed by atoms with van der Waals surface area (Å²) in [5.41, 5.74) is 4.26. The maximum atomic E-state index is 13.1. The Morgan fingerprint density at radius 3 is 2.49 bits per heavy atom. The molecule has 3 heterocycles. The second-order valence-corrected chi connectivity index (χ2v) is 11.3. The number of anilines is 1. The van der Waals surface area contributed by atoms with Crippen molar-refractivity contribution >= 4 is 21.6 Å². The molecule has 2 aromatic carbocycles. The first-order valence-electron chi connectivity index (χ1n) is 11.7. The minimum atomic E-state index is -3.35. The highest BCUT2D eigenvalue weighted by Crippen LogP contribution is 2.35. The minimum Gasteiger partial charge on any atom is -0.338 e. The number of aryl methyl sites for hydroxylation is 1. The topological polar surface area (TPSA) is 99.9 Å². The fourth-order valence-electron chi connectivity index (χ4n) is 4.86. The number of amides is 1. The lowest BCUT2D eigenvalue weighted by Gasteiger charge is -2.34. The maximum absolute atomic E-state index is 13.1. The average molecular weight is 496 g/mol. The lowest BCUT2D eigenvalue weighted by molar-refractivity contribution is 0.0615. The van der Waals surface area contributed by atoms with E-state index in [2.05, 4.69) is 15.0 Å². The fourth-order valence-corrected chi connectivity index (χ4v) is 6.13. The van der Waals surface area contributed by atoms with Gasteiger partial charge in [-0.25, -0.2) is 8.42 Å². The summed E-state index contributed by atoms with van der Waals surface area (Å²) in [6.07, 6.45) is 1.82. The van der Waals surface area contributed by atoms with Crippen molar-refractivity contribution in [1.29, 1.82) is 0 Å². The van der Waals surface area contributed by atoms with Gasteiger partial charge in [0.1, 0.15) is 0 Å². The molecule has 0 saturated carbocycles. The quantitative estimate of drug-likeness (QED) is 0.537. The summed E-state index contributed by atoms with van der Waals surface area (Å²) in [6, 6.07) is 13.2. The molecule has 1 atom stereocenters. The van der Waals surface area contributed by atoms with Gasteiger partial charge in [-0.2, -0.15) is 4.98 Å². The van der Waals surface area contributed by atoms with Crippen molar-refractivity contribution < 1.29 is 17.7 Å². The van der Waals surface area contributed by atoms with E-state index in [1.54, 1.807) is 12.1 Å². The van der Waals surface area contributed by atoms with E-state index in [1.807, 2.05) is 49.1 Å². The summed E-state index contributed by atoms with van der Waals surface area (Å²) >= 11 is 0. The van der Waals surface area contributed by atoms with Crippen LogP contribution in [0.25, 0.3) is 11.4 Å². The molecule has 0 aliphatic carbocycles. The summed E-state index contributed by atoms with van der Waals surface area (Å²) < 4.78 is 31.2. The lowest BCUT2D eigenvalue weighted by atomic mass is 10.1. The van der Waals surface area contributed by atoms with Gasteiger partial charge in [-0.15, -0.1) is 0 Å². The van der Waals surface area contributed by atoms with Crippen LogP contribution in [-0.4, -0.2) is 72.7 Å². The normalized spacial score (nSPS) is 18.7. The zero-order valence-corrected chi connectivity index (χ0v) is 21.0. The molecule has 184 valence electrons. The van der Waals surface area contributed by atoms with E-state index in [-0.39, 0.29) is 11.9 Å². The van der Waals surface area contributed by atoms with Crippen molar-refractivity contribution in [2.45, 2.75) is 32.9 Å². The zero-order chi connectivity index (χ0) is 24.7. The molecule has 1 amide bonds. The average Bonchev–Trinajstić information content (AvgIpc) is 3.42. The molecule has 1 fully saturated rings. The standard InChI is InChI=1S/C25H29N5O4S/c1-17-4-6-19(7-5-17)24-26-23(34-27-24)16-28-10-12-29(13-11-28)25(31)20-8-9-22-21(15-20)14-18(2)30(22)35(3,32)33/h4-9,15,18H,10-14,16H2,1-3H3/t18-/m1/s1. The van der Waals surface area contributed by atoms with Gasteiger partial charge in [-0.05, 0) is 44.0 Å². The molecule has 1 saturated heterocycles. The Balaban J connectivity index is 1.19. The molecule has 0 spiro atoms. The van der Waals surface area contributed by atoms with Gasteiger partial charge >= 0.3 is 0 Å². The molecule has 10 heteroatoms. The predicted molar refractivity (Wildman–Crippen MR) is 133 cm³/mol. The maximum Gasteiger partial charge on any atom is 0.253 e. The molecule has 0 unspecified atom stereocenters. The molecule has 0 bridgehead atoms. The first-order chi connectivity index (χ1) is 16.7. The predicted octanol–water partition coefficient (Wildman–Crippen LogP) is 2.71. The smallest absolute Gasteiger partial charge is 0.253 e. The number of aromatic nitrogens is 2. The van der Waals surface area contributed by atoms with Crippen LogP contribution in [0.1, 0.15) is 34.3 Å². The van der Waals surface area contributed by atoms with E-state index in [0.29, 0.717) is 62.1 Å². The molecule has 0 radical (unpaired) electrons. The Morgan fingerprint density at radius 2 is 1.80 bits per heavy atom. The zero-order valence-electron chi connectivity index (χ0n) is 20.1. The van der Waals surface area contributed by atoms with Gasteiger partial charge in [0.25, 0.3) is 5.91 Å². The number of nitrogens with zero attached hydrogens (tertiary/aromatic N) is 5. The van der Waals surface area contributed by atoms with E-state index < -0.39 is 10.0 Å². The van der Waals surface area contributed by atoms with Gasteiger partial charge in [0.2, 0.25) is 21.7 Å². The molecular weight excluding hydrogens is 466 g/mol. The second-order valence-electron chi connectivity index (χ2n) is 9.40. The summed E-state index contributed by atoms with van der Waals surface area (Å²) in [5, 5.41) is 4.10. The second kappa shape index (κ2) is 9.09. The van der Waals surface area contributed by atoms with Crippen LogP contribution in [0.15, 0.2) is 47.0 Å². The summed E-state index contributed by atoms with van der Waals surface area (Å²) in [5.74, 6) is 1.11. The Kier molecular flexibility index (Phi) is 6.10. The van der Waals surface area contributed by atoms with E-state index in [9.17, 15) is 13.2 Å². The number of rotatable bonds is 5. The van der Waals surface area contributed by atoms with Crippen LogP contribution < -0.4 is 4.31 Å². The van der Waals surface area contributed by atoms with Crippen LogP contribution in [0, 0.1) is 6.92 Å². The van der Waals surface area contributed by atoms with E-state index in [4.69, 9.17) is 4.52 Å². The van der Waals surface area contributed by atoms with Crippen LogP contribution in [0.2, 0.25) is 0 Å². The summed E-state index contributed by atoms with van der Waals surface area (Å²) in [7, 11) is -3.35. The van der Waals surface area contributed by atoms with Gasteiger partial charge in [-0.1, -0.05) is 35.0 Å². The number of piperazine rings is 1. The minimum absolute atomic E-state index is 0.0302. The van der Waals surface area contributed by atoms with Crippen LogP contribution in [-0.2, 0) is 23.0 Å². The third kappa shape index (κ3) is 4.81. The van der Waals surface area contributed by atoms with E-state index >= 15 is 0 Å². The number of carbonyl (C=O) groups is 1. The number of carbonyl (C=O) groups excluding carboxylic acids is 1. The van der Waals surface area contributed by atoms with E-state index in [0.717, 1.165) is 11.1 Å². The van der Waals surface area contributed by atoms with Gasteiger partial charge < -0.3 is 9.42 Å². The highest BCUT2D eigenvalue weighted by Gasteiger charge is 2.33. The number of sulfonamides is 1. The Morgan fingerprint density at radius 1 is 1.09 bits per heavy atom. The fraction of sp³-hybridized carbons (Fsp3) is 0.400. The van der Waals surface area contributed by atoms with Crippen molar-refractivity contribution in [3.8, 4) is 11.4 Å². The monoisotopic (exact) mass is 495 g/mol. The van der Waals surface area contributed by atoms with Crippen molar-refractivity contribution in [1.82, 2.24) is 19.9 Å². The van der Waals surface area contributed by atoms with Crippen molar-refractivity contribution in [2.24, 2.45) is 0 Å². The molecule has 2 aliphatic rings. The van der Waals surface area contributed by atoms with E-state index in [1.165, 1.54) is 16.1 Å². The first-order valence-corrected chi connectivity index (χ1v) is 13.6. The SMILES string of the molecule is Cc1ccc(-c2noc(CN3CCN(C(=O)c4ccc5c(c4)C[C@@H](C)N5S(C)(=O)=O)CC3)n2)cc1. The molecular formula is C25H29N5O4S. The largest absolute Gasteiger partial charge is 0.338 e.